The van der Waals surface area contributed by atoms with E-state index in [9.17, 15) is 0 Å². The molecule has 0 bridgehead atoms. The van der Waals surface area contributed by atoms with Crippen molar-refractivity contribution in [2.24, 2.45) is 0 Å². The number of hydrogen-bond donors (Lipinski definition) is 0. The van der Waals surface area contributed by atoms with Gasteiger partial charge in [0, 0.05) is 12.3 Å². The second-order valence-corrected chi connectivity index (χ2v) is 7.29. The number of methoxy groups -OCH3 is 1. The average Bonchev–Trinajstić information content (AvgIpc) is 3.13. The number of rotatable bonds is 11. The Hall–Kier alpha value is -2.93. The van der Waals surface area contributed by atoms with E-state index in [1.165, 1.54) is 0 Å². The number of hydrogen-bond acceptors (Lipinski definition) is 6. The van der Waals surface area contributed by atoms with Crippen molar-refractivity contribution in [3.63, 3.8) is 0 Å². The lowest BCUT2D eigenvalue weighted by Gasteiger charge is -2.11. The molecule has 3 rings (SSSR count). The monoisotopic (exact) mass is 411 g/mol. The Balaban J connectivity index is 1.54. The maximum Gasteiger partial charge on any atom is 0.191 e. The van der Waals surface area contributed by atoms with Gasteiger partial charge in [-0.25, -0.2) is 0 Å². The molecular weight excluding hydrogens is 386 g/mol. The van der Waals surface area contributed by atoms with Gasteiger partial charge in [-0.05, 0) is 42.8 Å². The first-order valence-corrected chi connectivity index (χ1v) is 10.3. The first kappa shape index (κ1) is 20.8. The molecule has 7 heteroatoms. The highest BCUT2D eigenvalue weighted by Gasteiger charge is 2.13. The van der Waals surface area contributed by atoms with E-state index in [0.29, 0.717) is 19.8 Å². The number of thioether (sulfide) groups is 1. The lowest BCUT2D eigenvalue weighted by atomic mass is 10.2. The summed E-state index contributed by atoms with van der Waals surface area (Å²) in [6.07, 6.45) is 1.83. The van der Waals surface area contributed by atoms with Crippen LogP contribution in [-0.2, 0) is 13.2 Å². The summed E-state index contributed by atoms with van der Waals surface area (Å²) in [6, 6.07) is 15.5. The normalized spacial score (nSPS) is 10.6. The summed E-state index contributed by atoms with van der Waals surface area (Å²) in [7, 11) is 1.65. The molecule has 1 heterocycles. The van der Waals surface area contributed by atoms with Gasteiger partial charge in [0.25, 0.3) is 0 Å². The quantitative estimate of drug-likeness (QED) is 0.262. The van der Waals surface area contributed by atoms with Crippen LogP contribution in [0, 0.1) is 6.92 Å². The van der Waals surface area contributed by atoms with Crippen LogP contribution in [0.3, 0.4) is 0 Å². The predicted octanol–water partition coefficient (Wildman–Crippen LogP) is 4.53. The van der Waals surface area contributed by atoms with E-state index in [0.717, 1.165) is 39.5 Å². The molecule has 0 atom stereocenters. The van der Waals surface area contributed by atoms with E-state index in [2.05, 4.69) is 16.8 Å². The lowest BCUT2D eigenvalue weighted by Crippen LogP contribution is -2.08. The molecule has 0 saturated carbocycles. The number of para-hydroxylation sites is 1. The summed E-state index contributed by atoms with van der Waals surface area (Å²) in [5.41, 5.74) is 1.09. The molecular formula is C22H25N3O3S. The summed E-state index contributed by atoms with van der Waals surface area (Å²) < 4.78 is 18.9. The van der Waals surface area contributed by atoms with Crippen LogP contribution < -0.4 is 14.2 Å². The number of ether oxygens (including phenoxy) is 3. The van der Waals surface area contributed by atoms with Gasteiger partial charge in [-0.2, -0.15) is 0 Å². The molecule has 0 spiro atoms. The Morgan fingerprint density at radius 2 is 1.79 bits per heavy atom. The van der Waals surface area contributed by atoms with E-state index in [-0.39, 0.29) is 0 Å². The molecule has 1 aromatic heterocycles. The van der Waals surface area contributed by atoms with Gasteiger partial charge in [0.05, 0.1) is 13.7 Å². The van der Waals surface area contributed by atoms with Crippen molar-refractivity contribution >= 4 is 11.8 Å². The van der Waals surface area contributed by atoms with Gasteiger partial charge >= 0.3 is 0 Å². The fraction of sp³-hybridized carbons (Fsp3) is 0.273. The third-order valence-electron chi connectivity index (χ3n) is 4.20. The van der Waals surface area contributed by atoms with Crippen molar-refractivity contribution in [1.29, 1.82) is 0 Å². The van der Waals surface area contributed by atoms with Gasteiger partial charge in [-0.3, -0.25) is 4.57 Å². The molecule has 0 N–H and O–H groups in total. The molecule has 0 aliphatic rings. The number of allylic oxidation sites excluding steroid dienone is 1. The predicted molar refractivity (Wildman–Crippen MR) is 115 cm³/mol. The van der Waals surface area contributed by atoms with Crippen LogP contribution in [0.1, 0.15) is 11.4 Å². The van der Waals surface area contributed by atoms with Crippen molar-refractivity contribution in [2.75, 3.05) is 19.5 Å². The van der Waals surface area contributed by atoms with Crippen molar-refractivity contribution in [3.05, 3.63) is 72.6 Å². The van der Waals surface area contributed by atoms with Crippen LogP contribution in [-0.4, -0.2) is 34.2 Å². The van der Waals surface area contributed by atoms with Gasteiger partial charge in [0.2, 0.25) is 0 Å². The lowest BCUT2D eigenvalue weighted by molar-refractivity contribution is 0.287. The maximum absolute atomic E-state index is 5.92. The zero-order valence-corrected chi connectivity index (χ0v) is 17.5. The highest BCUT2D eigenvalue weighted by molar-refractivity contribution is 7.99. The van der Waals surface area contributed by atoms with Gasteiger partial charge < -0.3 is 14.2 Å². The largest absolute Gasteiger partial charge is 0.497 e. The van der Waals surface area contributed by atoms with Crippen molar-refractivity contribution < 1.29 is 14.2 Å². The molecule has 6 nitrogen and oxygen atoms in total. The molecule has 0 amide bonds. The highest BCUT2D eigenvalue weighted by atomic mass is 32.2. The molecule has 0 aliphatic heterocycles. The van der Waals surface area contributed by atoms with Gasteiger partial charge in [-0.1, -0.05) is 36.0 Å². The molecule has 3 aromatic rings. The van der Waals surface area contributed by atoms with E-state index in [1.807, 2.05) is 66.1 Å². The summed E-state index contributed by atoms with van der Waals surface area (Å²) in [6.45, 7) is 7.41. The minimum atomic E-state index is 0.356. The van der Waals surface area contributed by atoms with Crippen molar-refractivity contribution in [3.8, 4) is 17.2 Å². The number of aryl methyl sites for hydroxylation is 1. The molecule has 0 radical (unpaired) electrons. The molecule has 152 valence electrons. The summed E-state index contributed by atoms with van der Waals surface area (Å²) in [4.78, 5) is 0. The topological polar surface area (TPSA) is 58.4 Å². The Morgan fingerprint density at radius 1 is 1.03 bits per heavy atom. The summed E-state index contributed by atoms with van der Waals surface area (Å²) >= 11 is 1.60. The fourth-order valence-electron chi connectivity index (χ4n) is 2.67. The Kier molecular flexibility index (Phi) is 7.58. The summed E-state index contributed by atoms with van der Waals surface area (Å²) in [5.74, 6) is 3.99. The van der Waals surface area contributed by atoms with Gasteiger partial charge in [0.1, 0.15) is 23.9 Å². The van der Waals surface area contributed by atoms with Crippen LogP contribution in [0.5, 0.6) is 17.2 Å². The average molecular weight is 412 g/mol. The van der Waals surface area contributed by atoms with Crippen LogP contribution in [0.15, 0.2) is 66.3 Å². The number of benzene rings is 2. The first-order valence-electron chi connectivity index (χ1n) is 9.32. The molecule has 29 heavy (non-hydrogen) atoms. The zero-order chi connectivity index (χ0) is 20.5. The molecule has 0 fully saturated rings. The van der Waals surface area contributed by atoms with E-state index >= 15 is 0 Å². The molecule has 0 saturated heterocycles. The number of aromatic nitrogens is 3. The molecule has 0 unspecified atom stereocenters. The van der Waals surface area contributed by atoms with Gasteiger partial charge in [0.15, 0.2) is 11.0 Å². The van der Waals surface area contributed by atoms with Crippen LogP contribution in [0.2, 0.25) is 0 Å². The number of nitrogens with zero attached hydrogens (tertiary/aromatic N) is 3. The SMILES string of the molecule is C=CCn1c(COc2ccccc2C)nnc1SCCOc1ccc(OC)cc1. The second kappa shape index (κ2) is 10.6. The van der Waals surface area contributed by atoms with Crippen LogP contribution >= 0.6 is 11.8 Å². The van der Waals surface area contributed by atoms with Gasteiger partial charge in [-0.15, -0.1) is 16.8 Å². The van der Waals surface area contributed by atoms with Crippen LogP contribution in [0.4, 0.5) is 0 Å². The first-order chi connectivity index (χ1) is 14.2. The second-order valence-electron chi connectivity index (χ2n) is 6.22. The maximum atomic E-state index is 5.92. The minimum Gasteiger partial charge on any atom is -0.497 e. The Labute approximate surface area is 175 Å². The van der Waals surface area contributed by atoms with Crippen LogP contribution in [0.25, 0.3) is 0 Å². The van der Waals surface area contributed by atoms with E-state index < -0.39 is 0 Å². The Morgan fingerprint density at radius 3 is 2.52 bits per heavy atom. The summed E-state index contributed by atoms with van der Waals surface area (Å²) in [5, 5.41) is 9.44. The van der Waals surface area contributed by atoms with E-state index in [1.54, 1.807) is 18.9 Å². The highest BCUT2D eigenvalue weighted by Crippen LogP contribution is 2.21. The molecule has 0 aliphatic carbocycles. The van der Waals surface area contributed by atoms with E-state index in [4.69, 9.17) is 14.2 Å². The minimum absolute atomic E-state index is 0.356. The zero-order valence-electron chi connectivity index (χ0n) is 16.7. The van der Waals surface area contributed by atoms with Crippen molar-refractivity contribution in [2.45, 2.75) is 25.2 Å². The smallest absolute Gasteiger partial charge is 0.191 e. The third-order valence-corrected chi connectivity index (χ3v) is 5.13. The van der Waals surface area contributed by atoms with Crippen molar-refractivity contribution in [1.82, 2.24) is 14.8 Å². The standard InChI is InChI=1S/C22H25N3O3S/c1-4-13-25-21(16-28-20-8-6-5-7-17(20)2)23-24-22(25)29-15-14-27-19-11-9-18(26-3)10-12-19/h4-12H,1,13-16H2,2-3H3. The molecule has 2 aromatic carbocycles. The third kappa shape index (κ3) is 5.77. The fourth-order valence-corrected chi connectivity index (χ4v) is 3.45. The Bertz CT molecular complexity index is 925.